The van der Waals surface area contributed by atoms with Crippen molar-refractivity contribution >= 4 is 16.9 Å². The summed E-state index contributed by atoms with van der Waals surface area (Å²) in [4.78, 5) is 11.1. The van der Waals surface area contributed by atoms with Gasteiger partial charge in [-0.1, -0.05) is 0 Å². The van der Waals surface area contributed by atoms with Crippen molar-refractivity contribution in [2.24, 2.45) is 0 Å². The van der Waals surface area contributed by atoms with Crippen LogP contribution in [0.1, 0.15) is 54.7 Å². The van der Waals surface area contributed by atoms with E-state index in [1.807, 2.05) is 10.7 Å². The molecule has 4 nitrogen and oxygen atoms in total. The summed E-state index contributed by atoms with van der Waals surface area (Å²) in [7, 11) is 0. The first-order chi connectivity index (χ1) is 8.58. The number of carboxylic acid groups (broad SMARTS) is 1. The Balaban J connectivity index is 2.25. The van der Waals surface area contributed by atoms with Crippen molar-refractivity contribution in [1.29, 1.82) is 0 Å². The van der Waals surface area contributed by atoms with Crippen LogP contribution >= 0.6 is 0 Å². The van der Waals surface area contributed by atoms with E-state index in [-0.39, 0.29) is 6.04 Å². The predicted octanol–water partition coefficient (Wildman–Crippen LogP) is 3.19. The molecule has 0 radical (unpaired) electrons. The first-order valence-corrected chi connectivity index (χ1v) is 6.33. The maximum atomic E-state index is 11.1. The fourth-order valence-corrected chi connectivity index (χ4v) is 2.35. The Hall–Kier alpha value is -1.84. The fourth-order valence-electron chi connectivity index (χ4n) is 2.35. The highest BCUT2D eigenvalue weighted by atomic mass is 16.4. The molecule has 18 heavy (non-hydrogen) atoms. The van der Waals surface area contributed by atoms with Crippen molar-refractivity contribution in [3.05, 3.63) is 29.5 Å². The summed E-state index contributed by atoms with van der Waals surface area (Å²) in [6, 6.07) is 5.58. The van der Waals surface area contributed by atoms with E-state index in [0.29, 0.717) is 11.5 Å². The van der Waals surface area contributed by atoms with Gasteiger partial charge in [-0.2, -0.15) is 5.10 Å². The van der Waals surface area contributed by atoms with Gasteiger partial charge in [-0.15, -0.1) is 0 Å². The van der Waals surface area contributed by atoms with Crippen molar-refractivity contribution in [3.8, 4) is 0 Å². The van der Waals surface area contributed by atoms with Crippen LogP contribution in [0.25, 0.3) is 10.9 Å². The van der Waals surface area contributed by atoms with Crippen LogP contribution in [-0.2, 0) is 0 Å². The molecular formula is C14H16N2O2. The van der Waals surface area contributed by atoms with Gasteiger partial charge in [-0.3, -0.25) is 4.68 Å². The number of nitrogens with zero attached hydrogens (tertiary/aromatic N) is 2. The topological polar surface area (TPSA) is 55.1 Å². The lowest BCUT2D eigenvalue weighted by molar-refractivity contribution is 0.0697. The Labute approximate surface area is 105 Å². The van der Waals surface area contributed by atoms with Crippen LogP contribution in [-0.4, -0.2) is 20.9 Å². The quantitative estimate of drug-likeness (QED) is 0.902. The number of benzene rings is 1. The van der Waals surface area contributed by atoms with Gasteiger partial charge >= 0.3 is 5.97 Å². The standard InChI is InChI=1S/C14H16N2O2/c1-8(2)16-12-6-5-10(14(17)18)7-11(12)13(15-16)9-3-4-9/h5-9H,3-4H2,1-2H3,(H,17,18). The van der Waals surface area contributed by atoms with Gasteiger partial charge in [0.2, 0.25) is 0 Å². The molecule has 1 fully saturated rings. The maximum absolute atomic E-state index is 11.1. The normalized spacial score (nSPS) is 15.5. The smallest absolute Gasteiger partial charge is 0.335 e. The van der Waals surface area contributed by atoms with Gasteiger partial charge in [-0.25, -0.2) is 4.79 Å². The first kappa shape index (κ1) is 11.3. The Kier molecular flexibility index (Phi) is 2.40. The minimum absolute atomic E-state index is 0.288. The highest BCUT2D eigenvalue weighted by molar-refractivity contribution is 5.94. The highest BCUT2D eigenvalue weighted by Crippen LogP contribution is 2.43. The minimum atomic E-state index is -0.879. The van der Waals surface area contributed by atoms with Crippen LogP contribution in [0.15, 0.2) is 18.2 Å². The average molecular weight is 244 g/mol. The average Bonchev–Trinajstić information content (AvgIpc) is 3.09. The molecule has 0 amide bonds. The summed E-state index contributed by atoms with van der Waals surface area (Å²) >= 11 is 0. The zero-order valence-electron chi connectivity index (χ0n) is 10.6. The molecule has 1 aliphatic rings. The SMILES string of the molecule is CC(C)n1nc(C2CC2)c2cc(C(=O)O)ccc21. The molecule has 4 heteroatoms. The molecule has 1 aliphatic carbocycles. The van der Waals surface area contributed by atoms with E-state index in [2.05, 4.69) is 18.9 Å². The van der Waals surface area contributed by atoms with Crippen molar-refractivity contribution in [3.63, 3.8) is 0 Å². The van der Waals surface area contributed by atoms with E-state index < -0.39 is 5.97 Å². The van der Waals surface area contributed by atoms with Crippen LogP contribution in [0.5, 0.6) is 0 Å². The molecule has 0 atom stereocenters. The predicted molar refractivity (Wildman–Crippen MR) is 69.1 cm³/mol. The largest absolute Gasteiger partial charge is 0.478 e. The number of rotatable bonds is 3. The summed E-state index contributed by atoms with van der Waals surface area (Å²) < 4.78 is 1.99. The second-order valence-corrected chi connectivity index (χ2v) is 5.23. The van der Waals surface area contributed by atoms with Gasteiger partial charge in [-0.05, 0) is 44.9 Å². The van der Waals surface area contributed by atoms with E-state index in [0.717, 1.165) is 16.6 Å². The second kappa shape index (κ2) is 3.83. The molecule has 0 spiro atoms. The lowest BCUT2D eigenvalue weighted by atomic mass is 10.1. The zero-order valence-corrected chi connectivity index (χ0v) is 10.6. The first-order valence-electron chi connectivity index (χ1n) is 6.33. The number of hydrogen-bond acceptors (Lipinski definition) is 2. The van der Waals surface area contributed by atoms with Crippen molar-refractivity contribution in [2.75, 3.05) is 0 Å². The Bertz CT molecular complexity index is 624. The summed E-state index contributed by atoms with van der Waals surface area (Å²) in [6.45, 7) is 4.18. The maximum Gasteiger partial charge on any atom is 0.335 e. The van der Waals surface area contributed by atoms with E-state index in [1.54, 1.807) is 12.1 Å². The van der Waals surface area contributed by atoms with Gasteiger partial charge in [0.25, 0.3) is 0 Å². The second-order valence-electron chi connectivity index (χ2n) is 5.23. The lowest BCUT2D eigenvalue weighted by Crippen LogP contribution is -2.03. The van der Waals surface area contributed by atoms with Gasteiger partial charge in [0.1, 0.15) is 0 Å². The monoisotopic (exact) mass is 244 g/mol. The van der Waals surface area contributed by atoms with Gasteiger partial charge in [0, 0.05) is 17.3 Å². The third-order valence-corrected chi connectivity index (χ3v) is 3.43. The minimum Gasteiger partial charge on any atom is -0.478 e. The summed E-state index contributed by atoms with van der Waals surface area (Å²) in [5.41, 5.74) is 2.45. The van der Waals surface area contributed by atoms with Crippen LogP contribution < -0.4 is 0 Å². The molecule has 0 unspecified atom stereocenters. The number of carbonyl (C=O) groups is 1. The van der Waals surface area contributed by atoms with E-state index in [1.165, 1.54) is 12.8 Å². The van der Waals surface area contributed by atoms with Crippen molar-refractivity contribution in [1.82, 2.24) is 9.78 Å². The molecule has 0 aliphatic heterocycles. The lowest BCUT2D eigenvalue weighted by Gasteiger charge is -2.06. The van der Waals surface area contributed by atoms with Gasteiger partial charge in [0.05, 0.1) is 16.8 Å². The van der Waals surface area contributed by atoms with E-state index in [4.69, 9.17) is 5.11 Å². The molecule has 94 valence electrons. The van der Waals surface area contributed by atoms with E-state index >= 15 is 0 Å². The van der Waals surface area contributed by atoms with E-state index in [9.17, 15) is 4.79 Å². The molecule has 1 heterocycles. The van der Waals surface area contributed by atoms with Crippen molar-refractivity contribution < 1.29 is 9.90 Å². The van der Waals surface area contributed by atoms with Crippen molar-refractivity contribution in [2.45, 2.75) is 38.6 Å². The van der Waals surface area contributed by atoms with Gasteiger partial charge in [0.15, 0.2) is 0 Å². The summed E-state index contributed by atoms with van der Waals surface area (Å²) in [5.74, 6) is -0.354. The third-order valence-electron chi connectivity index (χ3n) is 3.43. The highest BCUT2D eigenvalue weighted by Gasteiger charge is 2.29. The fraction of sp³-hybridized carbons (Fsp3) is 0.429. The number of carboxylic acids is 1. The Morgan fingerprint density at radius 3 is 2.72 bits per heavy atom. The van der Waals surface area contributed by atoms with Crippen LogP contribution in [0, 0.1) is 0 Å². The van der Waals surface area contributed by atoms with Crippen LogP contribution in [0.2, 0.25) is 0 Å². The molecule has 1 saturated carbocycles. The Morgan fingerprint density at radius 1 is 1.44 bits per heavy atom. The molecule has 2 aromatic rings. The summed E-state index contributed by atoms with van der Waals surface area (Å²) in [6.07, 6.45) is 2.34. The molecule has 0 saturated heterocycles. The third kappa shape index (κ3) is 1.68. The molecule has 0 bridgehead atoms. The molecule has 1 aromatic carbocycles. The molecule has 3 rings (SSSR count). The van der Waals surface area contributed by atoms with Crippen LogP contribution in [0.4, 0.5) is 0 Å². The Morgan fingerprint density at radius 2 is 2.17 bits per heavy atom. The number of aromatic nitrogens is 2. The number of hydrogen-bond donors (Lipinski definition) is 1. The summed E-state index contributed by atoms with van der Waals surface area (Å²) in [5, 5.41) is 14.8. The molecule has 1 N–H and O–H groups in total. The van der Waals surface area contributed by atoms with Crippen LogP contribution in [0.3, 0.4) is 0 Å². The number of fused-ring (bicyclic) bond motifs is 1. The molecule has 1 aromatic heterocycles. The number of aromatic carboxylic acids is 1. The molecular weight excluding hydrogens is 228 g/mol. The van der Waals surface area contributed by atoms with Gasteiger partial charge < -0.3 is 5.11 Å². The zero-order chi connectivity index (χ0) is 12.9.